The van der Waals surface area contributed by atoms with Crippen molar-refractivity contribution in [3.05, 3.63) is 82.1 Å². The minimum absolute atomic E-state index is 0.0288. The zero-order chi connectivity index (χ0) is 22.5. The number of aryl methyl sites for hydroxylation is 1. The number of hydrogen-bond acceptors (Lipinski definition) is 7. The lowest BCUT2D eigenvalue weighted by Gasteiger charge is -2.11. The van der Waals surface area contributed by atoms with Crippen molar-refractivity contribution in [3.8, 4) is 17.5 Å². The van der Waals surface area contributed by atoms with E-state index in [-0.39, 0.29) is 11.5 Å². The van der Waals surface area contributed by atoms with E-state index in [1.54, 1.807) is 22.8 Å². The van der Waals surface area contributed by atoms with Crippen LogP contribution in [-0.2, 0) is 11.3 Å². The molecule has 2 heterocycles. The van der Waals surface area contributed by atoms with Crippen molar-refractivity contribution in [1.82, 2.24) is 19.7 Å². The number of rotatable bonds is 8. The summed E-state index contributed by atoms with van der Waals surface area (Å²) in [4.78, 5) is 17.0. The van der Waals surface area contributed by atoms with Crippen LogP contribution in [0.2, 0.25) is 0 Å². The molecule has 0 amide bonds. The highest BCUT2D eigenvalue weighted by atomic mass is 32.2. The van der Waals surface area contributed by atoms with Crippen molar-refractivity contribution in [3.63, 3.8) is 0 Å². The van der Waals surface area contributed by atoms with Gasteiger partial charge in [-0.1, -0.05) is 54.2 Å². The quantitative estimate of drug-likeness (QED) is 0.347. The summed E-state index contributed by atoms with van der Waals surface area (Å²) in [5, 5.41) is 20.7. The molecule has 0 N–H and O–H groups in total. The van der Waals surface area contributed by atoms with Crippen LogP contribution in [0.25, 0.3) is 11.4 Å². The van der Waals surface area contributed by atoms with Crippen molar-refractivity contribution in [2.24, 2.45) is 0 Å². The fraction of sp³-hybridized carbons (Fsp3) is 0.174. The molecule has 0 spiro atoms. The minimum Gasteiger partial charge on any atom is -0.297 e. The highest BCUT2D eigenvalue weighted by molar-refractivity contribution is 7.99. The molecule has 4 rings (SSSR count). The molecule has 32 heavy (non-hydrogen) atoms. The van der Waals surface area contributed by atoms with Crippen LogP contribution >= 0.6 is 23.1 Å². The van der Waals surface area contributed by atoms with Gasteiger partial charge in [-0.05, 0) is 24.6 Å². The van der Waals surface area contributed by atoms with E-state index in [1.165, 1.54) is 29.2 Å². The molecule has 0 aliphatic heterocycles. The molecular formula is C23H18FN5OS2. The number of halogens is 1. The fourth-order valence-electron chi connectivity index (χ4n) is 3.13. The predicted octanol–water partition coefficient (Wildman–Crippen LogP) is 4.87. The van der Waals surface area contributed by atoms with E-state index >= 15 is 0 Å². The van der Waals surface area contributed by atoms with E-state index in [0.29, 0.717) is 28.1 Å². The SMILES string of the molecule is Cc1csc(C(C#N)C(=O)CSc2nnc(-c3ccccc3F)n2Cc2ccccc2)n1. The maximum absolute atomic E-state index is 14.5. The normalized spacial score (nSPS) is 11.8. The zero-order valence-electron chi connectivity index (χ0n) is 17.1. The molecule has 0 saturated carbocycles. The van der Waals surface area contributed by atoms with Crippen LogP contribution < -0.4 is 0 Å². The summed E-state index contributed by atoms with van der Waals surface area (Å²) in [6.07, 6.45) is 0. The first kappa shape index (κ1) is 21.9. The number of Topliss-reactive ketones (excluding diaryl/α,β-unsaturated/α-hetero) is 1. The minimum atomic E-state index is -0.919. The molecule has 2 aromatic heterocycles. The van der Waals surface area contributed by atoms with E-state index in [9.17, 15) is 14.4 Å². The molecule has 2 aromatic carbocycles. The third-order valence-corrected chi connectivity index (χ3v) is 6.71. The van der Waals surface area contributed by atoms with E-state index in [1.807, 2.05) is 42.6 Å². The van der Waals surface area contributed by atoms with Crippen LogP contribution in [0, 0.1) is 24.1 Å². The molecule has 1 atom stereocenters. The molecule has 0 radical (unpaired) electrons. The molecule has 0 aliphatic rings. The molecule has 0 fully saturated rings. The molecule has 4 aromatic rings. The van der Waals surface area contributed by atoms with Crippen molar-refractivity contribution < 1.29 is 9.18 Å². The Hall–Kier alpha value is -3.35. The Balaban J connectivity index is 1.61. The van der Waals surface area contributed by atoms with Gasteiger partial charge >= 0.3 is 0 Å². The Labute approximate surface area is 192 Å². The number of aromatic nitrogens is 4. The number of carbonyl (C=O) groups is 1. The van der Waals surface area contributed by atoms with Gasteiger partial charge in [0.05, 0.1) is 23.9 Å². The number of thiazole rings is 1. The number of nitriles is 1. The molecule has 9 heteroatoms. The molecule has 0 saturated heterocycles. The number of hydrogen-bond donors (Lipinski definition) is 0. The number of nitrogens with zero attached hydrogens (tertiary/aromatic N) is 5. The number of thioether (sulfide) groups is 1. The van der Waals surface area contributed by atoms with Gasteiger partial charge in [0.15, 0.2) is 22.7 Å². The second kappa shape index (κ2) is 9.85. The largest absolute Gasteiger partial charge is 0.297 e. The Kier molecular flexibility index (Phi) is 6.73. The molecule has 1 unspecified atom stereocenters. The highest BCUT2D eigenvalue weighted by Gasteiger charge is 2.25. The van der Waals surface area contributed by atoms with E-state index in [4.69, 9.17) is 0 Å². The first-order valence-electron chi connectivity index (χ1n) is 9.76. The summed E-state index contributed by atoms with van der Waals surface area (Å²) < 4.78 is 16.3. The number of carbonyl (C=O) groups excluding carboxylic acids is 1. The van der Waals surface area contributed by atoms with Crippen LogP contribution in [0.1, 0.15) is 22.2 Å². The maximum atomic E-state index is 14.5. The van der Waals surface area contributed by atoms with Gasteiger partial charge in [-0.15, -0.1) is 21.5 Å². The second-order valence-electron chi connectivity index (χ2n) is 7.00. The average Bonchev–Trinajstić information content (AvgIpc) is 3.40. The summed E-state index contributed by atoms with van der Waals surface area (Å²) >= 11 is 2.49. The van der Waals surface area contributed by atoms with Gasteiger partial charge in [0.2, 0.25) is 0 Å². The Morgan fingerprint density at radius 1 is 1.19 bits per heavy atom. The van der Waals surface area contributed by atoms with Gasteiger partial charge in [-0.2, -0.15) is 5.26 Å². The molecular weight excluding hydrogens is 445 g/mol. The maximum Gasteiger partial charge on any atom is 0.192 e. The molecule has 0 bridgehead atoms. The zero-order valence-corrected chi connectivity index (χ0v) is 18.7. The third kappa shape index (κ3) is 4.77. The Bertz CT molecular complexity index is 1280. The molecule has 6 nitrogen and oxygen atoms in total. The van der Waals surface area contributed by atoms with Crippen molar-refractivity contribution in [2.75, 3.05) is 5.75 Å². The van der Waals surface area contributed by atoms with Crippen LogP contribution in [0.5, 0.6) is 0 Å². The van der Waals surface area contributed by atoms with Crippen LogP contribution in [0.4, 0.5) is 4.39 Å². The molecule has 0 aliphatic carbocycles. The predicted molar refractivity (Wildman–Crippen MR) is 122 cm³/mol. The van der Waals surface area contributed by atoms with Crippen molar-refractivity contribution in [2.45, 2.75) is 24.5 Å². The van der Waals surface area contributed by atoms with Crippen molar-refractivity contribution in [1.29, 1.82) is 5.26 Å². The summed E-state index contributed by atoms with van der Waals surface area (Å²) in [5.74, 6) is -1.16. The summed E-state index contributed by atoms with van der Waals surface area (Å²) in [6.45, 7) is 2.24. The van der Waals surface area contributed by atoms with E-state index in [2.05, 4.69) is 21.3 Å². The summed E-state index contributed by atoms with van der Waals surface area (Å²) in [7, 11) is 0. The monoisotopic (exact) mass is 463 g/mol. The number of ketones is 1. The first-order chi connectivity index (χ1) is 15.6. The van der Waals surface area contributed by atoms with Gasteiger partial charge in [0, 0.05) is 11.1 Å². The lowest BCUT2D eigenvalue weighted by atomic mass is 10.1. The Morgan fingerprint density at radius 3 is 2.62 bits per heavy atom. The lowest BCUT2D eigenvalue weighted by Crippen LogP contribution is -2.14. The van der Waals surface area contributed by atoms with Gasteiger partial charge in [-0.3, -0.25) is 9.36 Å². The van der Waals surface area contributed by atoms with Crippen LogP contribution in [0.15, 0.2) is 65.1 Å². The highest BCUT2D eigenvalue weighted by Crippen LogP contribution is 2.29. The van der Waals surface area contributed by atoms with E-state index < -0.39 is 11.7 Å². The summed E-state index contributed by atoms with van der Waals surface area (Å²) in [5.41, 5.74) is 2.11. The Morgan fingerprint density at radius 2 is 1.94 bits per heavy atom. The third-order valence-electron chi connectivity index (χ3n) is 4.69. The smallest absolute Gasteiger partial charge is 0.192 e. The van der Waals surface area contributed by atoms with Gasteiger partial charge in [-0.25, -0.2) is 9.37 Å². The standard InChI is InChI=1S/C23H18FN5OS2/c1-15-13-31-22(26-15)18(11-25)20(30)14-32-23-28-27-21(17-9-5-6-10-19(17)24)29(23)12-16-7-3-2-4-8-16/h2-10,13,18H,12,14H2,1H3. The number of benzene rings is 2. The average molecular weight is 464 g/mol. The topological polar surface area (TPSA) is 84.5 Å². The van der Waals surface area contributed by atoms with E-state index in [0.717, 1.165) is 11.3 Å². The van der Waals surface area contributed by atoms with Gasteiger partial charge in [0.1, 0.15) is 10.8 Å². The van der Waals surface area contributed by atoms with Gasteiger partial charge < -0.3 is 0 Å². The van der Waals surface area contributed by atoms with Gasteiger partial charge in [0.25, 0.3) is 0 Å². The first-order valence-corrected chi connectivity index (χ1v) is 11.6. The van der Waals surface area contributed by atoms with Crippen molar-refractivity contribution >= 4 is 28.9 Å². The molecule has 160 valence electrons. The fourth-order valence-corrected chi connectivity index (χ4v) is 4.84. The second-order valence-corrected chi connectivity index (χ2v) is 8.83. The van der Waals surface area contributed by atoms with Crippen LogP contribution in [-0.4, -0.2) is 31.3 Å². The summed E-state index contributed by atoms with van der Waals surface area (Å²) in [6, 6.07) is 18.1. The van der Waals surface area contributed by atoms with Crippen LogP contribution in [0.3, 0.4) is 0 Å². The lowest BCUT2D eigenvalue weighted by molar-refractivity contribution is -0.116.